The first kappa shape index (κ1) is 9.92. The van der Waals surface area contributed by atoms with E-state index in [4.69, 9.17) is 0 Å². The van der Waals surface area contributed by atoms with Crippen LogP contribution in [0, 0.1) is 24.7 Å². The third-order valence-electron chi connectivity index (χ3n) is 2.41. The molecule has 1 aromatic heterocycles. The highest BCUT2D eigenvalue weighted by molar-refractivity contribution is 5.93. The Morgan fingerprint density at radius 2 is 2.27 bits per heavy atom. The lowest BCUT2D eigenvalue weighted by Gasteiger charge is -2.00. The van der Waals surface area contributed by atoms with Crippen LogP contribution in [-0.2, 0) is 0 Å². The Morgan fingerprint density at radius 3 is 2.80 bits per heavy atom. The summed E-state index contributed by atoms with van der Waals surface area (Å²) in [5.74, 6) is 6.87. The maximum Gasteiger partial charge on any atom is 0.178 e. The number of hydrogen-bond donors (Lipinski definition) is 0. The minimum absolute atomic E-state index is 0.00852. The molecule has 0 amide bonds. The van der Waals surface area contributed by atoms with E-state index in [1.807, 2.05) is 13.0 Å². The van der Waals surface area contributed by atoms with Gasteiger partial charge in [0.25, 0.3) is 0 Å². The smallest absolute Gasteiger partial charge is 0.178 e. The molecule has 0 saturated heterocycles. The number of rotatable bonds is 1. The molecule has 0 aromatic carbocycles. The number of carbonyl (C=O) groups excluding carboxylic acids is 1. The van der Waals surface area contributed by atoms with Crippen LogP contribution in [-0.4, -0.2) is 10.8 Å². The summed E-state index contributed by atoms with van der Waals surface area (Å²) in [6.07, 6.45) is 4.13. The number of Topliss-reactive ketones (excluding diaryl/α,β-unsaturated/α-hetero) is 1. The van der Waals surface area contributed by atoms with Gasteiger partial charge >= 0.3 is 0 Å². The number of aromatic nitrogens is 1. The molecule has 0 bridgehead atoms. The fourth-order valence-electron chi connectivity index (χ4n) is 1.42. The summed E-state index contributed by atoms with van der Waals surface area (Å²) < 4.78 is 0. The van der Waals surface area contributed by atoms with E-state index in [0.29, 0.717) is 11.6 Å². The molecule has 2 nitrogen and oxygen atoms in total. The Kier molecular flexibility index (Phi) is 2.55. The zero-order valence-electron chi connectivity index (χ0n) is 9.00. The van der Waals surface area contributed by atoms with Crippen molar-refractivity contribution in [2.24, 2.45) is 5.92 Å². The van der Waals surface area contributed by atoms with Gasteiger partial charge in [0.2, 0.25) is 0 Å². The molecule has 0 unspecified atom stereocenters. The van der Waals surface area contributed by atoms with Crippen molar-refractivity contribution in [1.29, 1.82) is 0 Å². The third kappa shape index (κ3) is 2.44. The highest BCUT2D eigenvalue weighted by atomic mass is 16.1. The van der Waals surface area contributed by atoms with Crippen LogP contribution in [0.1, 0.15) is 41.4 Å². The van der Waals surface area contributed by atoms with Crippen molar-refractivity contribution in [3.8, 4) is 11.8 Å². The van der Waals surface area contributed by atoms with E-state index in [9.17, 15) is 4.79 Å². The summed E-state index contributed by atoms with van der Waals surface area (Å²) in [5.41, 5.74) is 2.36. The molecular weight excluding hydrogens is 186 g/mol. The molecule has 0 spiro atoms. The van der Waals surface area contributed by atoms with Gasteiger partial charge < -0.3 is 0 Å². The van der Waals surface area contributed by atoms with Crippen LogP contribution in [0.5, 0.6) is 0 Å². The highest BCUT2D eigenvalue weighted by Crippen LogP contribution is 2.27. The van der Waals surface area contributed by atoms with Gasteiger partial charge in [0.15, 0.2) is 5.78 Å². The molecule has 1 aliphatic rings. The minimum atomic E-state index is 0.00852. The first-order valence-electron chi connectivity index (χ1n) is 5.16. The minimum Gasteiger partial charge on any atom is -0.293 e. The van der Waals surface area contributed by atoms with Gasteiger partial charge in [0.1, 0.15) is 5.69 Å². The first-order valence-corrected chi connectivity index (χ1v) is 5.16. The van der Waals surface area contributed by atoms with Gasteiger partial charge in [0.05, 0.1) is 0 Å². The van der Waals surface area contributed by atoms with E-state index in [1.165, 1.54) is 19.8 Å². The Hall–Kier alpha value is -1.62. The Morgan fingerprint density at radius 1 is 1.53 bits per heavy atom. The van der Waals surface area contributed by atoms with Crippen LogP contribution in [0.4, 0.5) is 0 Å². The Labute approximate surface area is 89.7 Å². The second kappa shape index (κ2) is 3.86. The lowest BCUT2D eigenvalue weighted by atomic mass is 10.1. The fraction of sp³-hybridized carbons (Fsp3) is 0.385. The molecule has 0 aliphatic heterocycles. The predicted molar refractivity (Wildman–Crippen MR) is 58.6 cm³/mol. The Bertz CT molecular complexity index is 461. The SMILES string of the molecule is CC(=O)c1ncc(C#CC2CC2)cc1C. The maximum atomic E-state index is 11.2. The topological polar surface area (TPSA) is 30.0 Å². The molecule has 15 heavy (non-hydrogen) atoms. The number of pyridine rings is 1. The van der Waals surface area contributed by atoms with E-state index in [0.717, 1.165) is 11.1 Å². The monoisotopic (exact) mass is 199 g/mol. The zero-order chi connectivity index (χ0) is 10.8. The summed E-state index contributed by atoms with van der Waals surface area (Å²) >= 11 is 0. The molecule has 1 saturated carbocycles. The van der Waals surface area contributed by atoms with Crippen LogP contribution in [0.25, 0.3) is 0 Å². The summed E-state index contributed by atoms with van der Waals surface area (Å²) in [5, 5.41) is 0. The molecule has 0 atom stereocenters. The molecule has 0 radical (unpaired) electrons. The van der Waals surface area contributed by atoms with Crippen molar-refractivity contribution in [2.45, 2.75) is 26.7 Å². The van der Waals surface area contributed by atoms with Crippen molar-refractivity contribution < 1.29 is 4.79 Å². The van der Waals surface area contributed by atoms with E-state index in [-0.39, 0.29) is 5.78 Å². The molecule has 2 rings (SSSR count). The zero-order valence-corrected chi connectivity index (χ0v) is 9.00. The molecule has 1 aliphatic carbocycles. The van der Waals surface area contributed by atoms with Gasteiger partial charge in [-0.1, -0.05) is 11.8 Å². The van der Waals surface area contributed by atoms with E-state index < -0.39 is 0 Å². The van der Waals surface area contributed by atoms with Crippen LogP contribution in [0.15, 0.2) is 12.3 Å². The normalized spacial score (nSPS) is 14.3. The van der Waals surface area contributed by atoms with E-state index in [2.05, 4.69) is 16.8 Å². The molecule has 2 heteroatoms. The summed E-state index contributed by atoms with van der Waals surface area (Å²) in [6, 6.07) is 1.93. The average Bonchev–Trinajstić information content (AvgIpc) is 2.97. The second-order valence-electron chi connectivity index (χ2n) is 3.99. The van der Waals surface area contributed by atoms with Crippen LogP contribution in [0.3, 0.4) is 0 Å². The lowest BCUT2D eigenvalue weighted by Crippen LogP contribution is -2.00. The first-order chi connectivity index (χ1) is 7.16. The fourth-order valence-corrected chi connectivity index (χ4v) is 1.42. The van der Waals surface area contributed by atoms with Gasteiger partial charge in [-0.2, -0.15) is 0 Å². The summed E-state index contributed by atoms with van der Waals surface area (Å²) in [7, 11) is 0. The number of hydrogen-bond acceptors (Lipinski definition) is 2. The quantitative estimate of drug-likeness (QED) is 0.513. The van der Waals surface area contributed by atoms with Crippen molar-refractivity contribution in [3.63, 3.8) is 0 Å². The standard InChI is InChI=1S/C13H13NO/c1-9-7-12(6-5-11-3-4-11)8-14-13(9)10(2)15/h7-8,11H,3-4H2,1-2H3. The maximum absolute atomic E-state index is 11.2. The second-order valence-corrected chi connectivity index (χ2v) is 3.99. The van der Waals surface area contributed by atoms with E-state index >= 15 is 0 Å². The van der Waals surface area contributed by atoms with Gasteiger partial charge in [-0.15, -0.1) is 0 Å². The van der Waals surface area contributed by atoms with Crippen molar-refractivity contribution in [3.05, 3.63) is 29.1 Å². The predicted octanol–water partition coefficient (Wildman–Crippen LogP) is 2.35. The van der Waals surface area contributed by atoms with E-state index in [1.54, 1.807) is 6.20 Å². The Balaban J connectivity index is 2.25. The number of aryl methyl sites for hydroxylation is 1. The third-order valence-corrected chi connectivity index (χ3v) is 2.41. The van der Waals surface area contributed by atoms with Crippen LogP contribution in [0.2, 0.25) is 0 Å². The van der Waals surface area contributed by atoms with Crippen molar-refractivity contribution in [1.82, 2.24) is 4.98 Å². The largest absolute Gasteiger partial charge is 0.293 e. The lowest BCUT2D eigenvalue weighted by molar-refractivity contribution is 0.101. The molecule has 0 N–H and O–H groups in total. The van der Waals surface area contributed by atoms with Gasteiger partial charge in [0, 0.05) is 24.6 Å². The number of ketones is 1. The number of carbonyl (C=O) groups is 1. The van der Waals surface area contributed by atoms with Crippen molar-refractivity contribution in [2.75, 3.05) is 0 Å². The molecule has 1 aromatic rings. The van der Waals surface area contributed by atoms with Gasteiger partial charge in [-0.05, 0) is 31.4 Å². The van der Waals surface area contributed by atoms with Crippen molar-refractivity contribution >= 4 is 5.78 Å². The molecule has 76 valence electrons. The van der Waals surface area contributed by atoms with Crippen LogP contribution < -0.4 is 0 Å². The average molecular weight is 199 g/mol. The van der Waals surface area contributed by atoms with Gasteiger partial charge in [-0.3, -0.25) is 9.78 Å². The molecular formula is C13H13NO. The van der Waals surface area contributed by atoms with Crippen LogP contribution >= 0.6 is 0 Å². The molecule has 1 heterocycles. The molecule has 1 fully saturated rings. The summed E-state index contributed by atoms with van der Waals surface area (Å²) in [6.45, 7) is 3.43. The number of nitrogens with zero attached hydrogens (tertiary/aromatic N) is 1. The highest BCUT2D eigenvalue weighted by Gasteiger charge is 2.17. The summed E-state index contributed by atoms with van der Waals surface area (Å²) in [4.78, 5) is 15.3. The van der Waals surface area contributed by atoms with Gasteiger partial charge in [-0.25, -0.2) is 0 Å².